The van der Waals surface area contributed by atoms with Crippen molar-refractivity contribution in [2.24, 2.45) is 5.92 Å². The lowest BCUT2D eigenvalue weighted by atomic mass is 9.97. The number of amides is 1. The Kier molecular flexibility index (Phi) is 3.71. The molecule has 23 heavy (non-hydrogen) atoms. The first-order valence-electron chi connectivity index (χ1n) is 8.57. The van der Waals surface area contributed by atoms with Gasteiger partial charge < -0.3 is 13.9 Å². The van der Waals surface area contributed by atoms with E-state index in [0.717, 1.165) is 26.1 Å². The van der Waals surface area contributed by atoms with Crippen LogP contribution >= 0.6 is 0 Å². The van der Waals surface area contributed by atoms with Crippen molar-refractivity contribution >= 4 is 5.91 Å². The van der Waals surface area contributed by atoms with Crippen LogP contribution in [0.15, 0.2) is 29.0 Å². The van der Waals surface area contributed by atoms with Gasteiger partial charge in [0.25, 0.3) is 5.91 Å². The van der Waals surface area contributed by atoms with Crippen molar-refractivity contribution < 1.29 is 9.21 Å². The Morgan fingerprint density at radius 3 is 3.00 bits per heavy atom. The Balaban J connectivity index is 1.46. The van der Waals surface area contributed by atoms with Gasteiger partial charge in [0.05, 0.1) is 6.26 Å². The summed E-state index contributed by atoms with van der Waals surface area (Å²) in [6.07, 6.45) is 8.31. The van der Waals surface area contributed by atoms with Gasteiger partial charge >= 0.3 is 0 Å². The molecule has 1 atom stereocenters. The monoisotopic (exact) mass is 313 g/mol. The first-order chi connectivity index (χ1) is 11.2. The zero-order chi connectivity index (χ0) is 15.8. The first-order valence-corrected chi connectivity index (χ1v) is 8.57. The van der Waals surface area contributed by atoms with E-state index < -0.39 is 0 Å². The highest BCUT2D eigenvalue weighted by molar-refractivity contribution is 5.91. The minimum Gasteiger partial charge on any atom is -0.459 e. The second kappa shape index (κ2) is 5.87. The van der Waals surface area contributed by atoms with Gasteiger partial charge in [-0.1, -0.05) is 0 Å². The van der Waals surface area contributed by atoms with Crippen molar-refractivity contribution in [3.05, 3.63) is 41.9 Å². The van der Waals surface area contributed by atoms with Gasteiger partial charge in [-0.25, -0.2) is 4.98 Å². The van der Waals surface area contributed by atoms with Crippen LogP contribution in [0.3, 0.4) is 0 Å². The van der Waals surface area contributed by atoms with E-state index in [1.54, 1.807) is 18.4 Å². The van der Waals surface area contributed by atoms with Gasteiger partial charge in [0.1, 0.15) is 5.82 Å². The number of aromatic nitrogens is 2. The maximum Gasteiger partial charge on any atom is 0.289 e. The molecule has 0 radical (unpaired) electrons. The summed E-state index contributed by atoms with van der Waals surface area (Å²) in [5.41, 5.74) is 1.24. The highest BCUT2D eigenvalue weighted by Gasteiger charge is 2.31. The summed E-state index contributed by atoms with van der Waals surface area (Å²) >= 11 is 0. The molecule has 1 amide bonds. The van der Waals surface area contributed by atoms with Crippen LogP contribution in [-0.4, -0.2) is 33.4 Å². The van der Waals surface area contributed by atoms with Crippen LogP contribution in [0, 0.1) is 12.8 Å². The Bertz CT molecular complexity index is 685. The van der Waals surface area contributed by atoms with Crippen molar-refractivity contribution in [1.82, 2.24) is 14.5 Å². The minimum absolute atomic E-state index is 0.0180. The summed E-state index contributed by atoms with van der Waals surface area (Å²) in [5.74, 6) is 2.87. The summed E-state index contributed by atoms with van der Waals surface area (Å²) in [6.45, 7) is 4.74. The first kappa shape index (κ1) is 14.5. The fourth-order valence-corrected chi connectivity index (χ4v) is 3.60. The Morgan fingerprint density at radius 2 is 2.26 bits per heavy atom. The molecule has 2 fully saturated rings. The predicted octanol–water partition coefficient (Wildman–Crippen LogP) is 3.21. The third-order valence-electron chi connectivity index (χ3n) is 5.01. The molecule has 1 saturated carbocycles. The van der Waals surface area contributed by atoms with E-state index in [1.165, 1.54) is 30.8 Å². The number of imidazole rings is 1. The van der Waals surface area contributed by atoms with Crippen LogP contribution in [0.25, 0.3) is 0 Å². The second-order valence-corrected chi connectivity index (χ2v) is 6.88. The maximum absolute atomic E-state index is 12.5. The molecule has 0 N–H and O–H groups in total. The average molecular weight is 313 g/mol. The highest BCUT2D eigenvalue weighted by Crippen LogP contribution is 2.40. The van der Waals surface area contributed by atoms with Gasteiger partial charge in [0, 0.05) is 37.4 Å². The van der Waals surface area contributed by atoms with Gasteiger partial charge in [0.15, 0.2) is 5.76 Å². The van der Waals surface area contributed by atoms with E-state index in [1.807, 2.05) is 11.1 Å². The molecule has 0 spiro atoms. The number of carbonyl (C=O) groups excluding carboxylic acids is 1. The van der Waals surface area contributed by atoms with Crippen molar-refractivity contribution in [3.63, 3.8) is 0 Å². The van der Waals surface area contributed by atoms with Crippen LogP contribution in [0.4, 0.5) is 0 Å². The van der Waals surface area contributed by atoms with Crippen LogP contribution in [0.1, 0.15) is 53.7 Å². The number of furan rings is 1. The number of piperidine rings is 1. The molecule has 122 valence electrons. The lowest BCUT2D eigenvalue weighted by Gasteiger charge is -2.33. The van der Waals surface area contributed by atoms with Gasteiger partial charge in [-0.3, -0.25) is 4.79 Å². The molecular formula is C18H23N3O2. The zero-order valence-corrected chi connectivity index (χ0v) is 13.6. The Hall–Kier alpha value is -2.04. The van der Waals surface area contributed by atoms with Gasteiger partial charge in [0.2, 0.25) is 0 Å². The summed E-state index contributed by atoms with van der Waals surface area (Å²) in [4.78, 5) is 19.0. The van der Waals surface area contributed by atoms with E-state index in [4.69, 9.17) is 4.42 Å². The summed E-state index contributed by atoms with van der Waals surface area (Å²) in [5, 5.41) is 0. The molecule has 3 heterocycles. The van der Waals surface area contributed by atoms with E-state index in [0.29, 0.717) is 17.6 Å². The SMILES string of the molecule is Cc1cnc(C2CC2)n1CC1CCCN(C(=O)c2ccco2)C1. The summed E-state index contributed by atoms with van der Waals surface area (Å²) < 4.78 is 7.64. The van der Waals surface area contributed by atoms with Crippen LogP contribution in [0.5, 0.6) is 0 Å². The van der Waals surface area contributed by atoms with E-state index in [-0.39, 0.29) is 5.91 Å². The molecule has 2 aliphatic rings. The quantitative estimate of drug-likeness (QED) is 0.871. The topological polar surface area (TPSA) is 51.3 Å². The zero-order valence-electron chi connectivity index (χ0n) is 13.6. The summed E-state index contributed by atoms with van der Waals surface area (Å²) in [7, 11) is 0. The summed E-state index contributed by atoms with van der Waals surface area (Å²) in [6, 6.07) is 3.52. The molecule has 1 aliphatic carbocycles. The van der Waals surface area contributed by atoms with Crippen LogP contribution in [0.2, 0.25) is 0 Å². The number of rotatable bonds is 4. The number of carbonyl (C=O) groups is 1. The van der Waals surface area contributed by atoms with Crippen molar-refractivity contribution in [2.75, 3.05) is 13.1 Å². The fourth-order valence-electron chi connectivity index (χ4n) is 3.60. The number of likely N-dealkylation sites (tertiary alicyclic amines) is 1. The molecule has 0 aromatic carbocycles. The molecular weight excluding hydrogens is 290 g/mol. The van der Waals surface area contributed by atoms with Crippen LogP contribution < -0.4 is 0 Å². The van der Waals surface area contributed by atoms with E-state index >= 15 is 0 Å². The third kappa shape index (κ3) is 2.92. The molecule has 0 bridgehead atoms. The molecule has 2 aromatic heterocycles. The van der Waals surface area contributed by atoms with Crippen molar-refractivity contribution in [3.8, 4) is 0 Å². The standard InChI is InChI=1S/C18H23N3O2/c1-13-10-19-17(15-6-7-15)21(13)12-14-4-2-8-20(11-14)18(22)16-5-3-9-23-16/h3,5,9-10,14-15H,2,4,6-8,11-12H2,1H3. The normalized spacial score (nSPS) is 21.6. The van der Waals surface area contributed by atoms with Crippen molar-refractivity contribution in [2.45, 2.75) is 45.1 Å². The largest absolute Gasteiger partial charge is 0.459 e. The molecule has 5 nitrogen and oxygen atoms in total. The lowest BCUT2D eigenvalue weighted by Crippen LogP contribution is -2.41. The number of nitrogens with zero attached hydrogens (tertiary/aromatic N) is 3. The third-order valence-corrected chi connectivity index (χ3v) is 5.01. The molecule has 1 aliphatic heterocycles. The van der Waals surface area contributed by atoms with Gasteiger partial charge in [-0.05, 0) is 50.7 Å². The van der Waals surface area contributed by atoms with Gasteiger partial charge in [-0.2, -0.15) is 0 Å². The molecule has 1 saturated heterocycles. The number of hydrogen-bond acceptors (Lipinski definition) is 3. The average Bonchev–Trinajstić information content (AvgIpc) is 3.13. The lowest BCUT2D eigenvalue weighted by molar-refractivity contribution is 0.0629. The van der Waals surface area contributed by atoms with Crippen molar-refractivity contribution in [1.29, 1.82) is 0 Å². The second-order valence-electron chi connectivity index (χ2n) is 6.88. The molecule has 1 unspecified atom stereocenters. The number of hydrogen-bond donors (Lipinski definition) is 0. The highest BCUT2D eigenvalue weighted by atomic mass is 16.3. The van der Waals surface area contributed by atoms with Crippen LogP contribution in [-0.2, 0) is 6.54 Å². The maximum atomic E-state index is 12.5. The molecule has 5 heteroatoms. The number of aryl methyl sites for hydroxylation is 1. The Labute approximate surface area is 136 Å². The predicted molar refractivity (Wildman–Crippen MR) is 86.3 cm³/mol. The fraction of sp³-hybridized carbons (Fsp3) is 0.556. The smallest absolute Gasteiger partial charge is 0.289 e. The molecule has 2 aromatic rings. The van der Waals surface area contributed by atoms with E-state index in [9.17, 15) is 4.79 Å². The van der Waals surface area contributed by atoms with E-state index in [2.05, 4.69) is 16.5 Å². The molecule has 4 rings (SSSR count). The minimum atomic E-state index is 0.0180. The Morgan fingerprint density at radius 1 is 1.39 bits per heavy atom. The van der Waals surface area contributed by atoms with Gasteiger partial charge in [-0.15, -0.1) is 0 Å².